The number of rotatable bonds is 21. The van der Waals surface area contributed by atoms with Crippen LogP contribution in [0, 0.1) is 17.8 Å². The number of nitrogens with one attached hydrogen (secondary N) is 4. The lowest BCUT2D eigenvalue weighted by atomic mass is 9.86. The highest BCUT2D eigenvalue weighted by Crippen LogP contribution is 2.46. The summed E-state index contributed by atoms with van der Waals surface area (Å²) in [7, 11) is 0. The molecule has 5 N–H and O–H groups in total. The molecule has 0 unspecified atom stereocenters. The van der Waals surface area contributed by atoms with Crippen molar-refractivity contribution in [2.75, 3.05) is 37.2 Å². The Morgan fingerprint density at radius 2 is 1.75 bits per heavy atom. The summed E-state index contributed by atoms with van der Waals surface area (Å²) in [5.41, 5.74) is 3.05. The van der Waals surface area contributed by atoms with Crippen molar-refractivity contribution in [1.82, 2.24) is 40.4 Å². The van der Waals surface area contributed by atoms with Crippen molar-refractivity contribution in [3.8, 4) is 23.2 Å². The fraction of sp³-hybridized carbons (Fsp3) is 0.510. The van der Waals surface area contributed by atoms with Crippen molar-refractivity contribution in [2.45, 2.75) is 135 Å². The number of carbonyl (C=O) groups is 5. The van der Waals surface area contributed by atoms with Gasteiger partial charge in [-0.25, -0.2) is 19.7 Å². The van der Waals surface area contributed by atoms with Crippen LogP contribution in [0.4, 0.5) is 5.69 Å². The predicted molar refractivity (Wildman–Crippen MR) is 263 cm³/mol. The van der Waals surface area contributed by atoms with Gasteiger partial charge in [0.2, 0.25) is 23.6 Å². The molecule has 0 radical (unpaired) electrons. The van der Waals surface area contributed by atoms with Crippen LogP contribution in [0.3, 0.4) is 0 Å². The molecule has 0 bridgehead atoms. The third kappa shape index (κ3) is 11.5. The summed E-state index contributed by atoms with van der Waals surface area (Å²) in [6.07, 6.45) is 8.42. The zero-order valence-corrected chi connectivity index (χ0v) is 40.9. The highest BCUT2D eigenvalue weighted by molar-refractivity contribution is 7.99. The second-order valence-corrected chi connectivity index (χ2v) is 19.2. The predicted octanol–water partition coefficient (Wildman–Crippen LogP) is 4.71. The molecule has 3 aliphatic rings. The van der Waals surface area contributed by atoms with Crippen LogP contribution >= 0.6 is 11.8 Å². The summed E-state index contributed by atoms with van der Waals surface area (Å²) >= 11 is 1.58. The van der Waals surface area contributed by atoms with Crippen LogP contribution in [0.1, 0.15) is 122 Å². The van der Waals surface area contributed by atoms with Gasteiger partial charge in [0.25, 0.3) is 5.56 Å². The minimum atomic E-state index is -1.93. The molecular formula is C51H63N9O8S. The van der Waals surface area contributed by atoms with Crippen molar-refractivity contribution in [3.63, 3.8) is 0 Å². The van der Waals surface area contributed by atoms with Gasteiger partial charge < -0.3 is 40.6 Å². The Kier molecular flexibility index (Phi) is 16.4. The van der Waals surface area contributed by atoms with Crippen LogP contribution in [0.5, 0.6) is 0 Å². The molecule has 7 rings (SSSR count). The first kappa shape index (κ1) is 49.3. The van der Waals surface area contributed by atoms with Gasteiger partial charge in [-0.2, -0.15) is 0 Å². The average Bonchev–Trinajstić information content (AvgIpc) is 3.72. The molecule has 3 aromatic heterocycles. The fourth-order valence-electron chi connectivity index (χ4n) is 9.29. The fourth-order valence-corrected chi connectivity index (χ4v) is 10.4. The number of amides is 4. The van der Waals surface area contributed by atoms with E-state index in [2.05, 4.69) is 61.8 Å². The number of pyridine rings is 2. The van der Waals surface area contributed by atoms with Gasteiger partial charge in [-0.05, 0) is 101 Å². The monoisotopic (exact) mass is 963 g/mol. The zero-order chi connectivity index (χ0) is 50.1. The maximum Gasteiger partial charge on any atom is 0.343 e. The molecule has 4 amide bonds. The van der Waals surface area contributed by atoms with E-state index in [1.54, 1.807) is 35.4 Å². The third-order valence-electron chi connectivity index (χ3n) is 12.9. The van der Waals surface area contributed by atoms with E-state index in [0.717, 1.165) is 60.3 Å². The number of esters is 1. The number of hydrogen-bond acceptors (Lipinski definition) is 13. The van der Waals surface area contributed by atoms with E-state index in [-0.39, 0.29) is 67.4 Å². The Labute approximate surface area is 408 Å². The standard InChI is InChI=1S/C51H63N9O8S/c1-6-20-59(21-7-2)22-13-12-15-39(57-48(64)44(31(4)5)58-41(61)16-11-9-10-14-32-25-52-30-53-26-32)47(63)54-27-42(62)55-38-18-17-37-43-33(19-23-69-46(38)43)34-28-60-40(45(34)56-37)24-36-35(49(60)65)29-68-50(66)51(36,67)8-3/h17-18,24-26,30-31,39,44,67H,6-9,11-13,15-16,19-23,27-29H2,1-5H3,(H,54,63)(H,55,62)(H,57,64)(H,58,61)/t39-,44-,51-/m0/s1/i30T. The minimum absolute atomic E-state index is 0.0422. The van der Waals surface area contributed by atoms with Crippen LogP contribution in [0.15, 0.2) is 46.6 Å². The van der Waals surface area contributed by atoms with Crippen molar-refractivity contribution in [2.24, 2.45) is 5.92 Å². The second-order valence-electron chi connectivity index (χ2n) is 18.1. The number of aromatic nitrogens is 4. The van der Waals surface area contributed by atoms with Gasteiger partial charge in [0.15, 0.2) is 5.60 Å². The number of anilines is 1. The molecule has 69 heavy (non-hydrogen) atoms. The molecule has 0 saturated heterocycles. The third-order valence-corrected chi connectivity index (χ3v) is 14.0. The largest absolute Gasteiger partial charge is 0.458 e. The smallest absolute Gasteiger partial charge is 0.343 e. The van der Waals surface area contributed by atoms with Crippen LogP contribution in [-0.2, 0) is 53.9 Å². The van der Waals surface area contributed by atoms with Gasteiger partial charge in [-0.1, -0.05) is 46.5 Å². The summed E-state index contributed by atoms with van der Waals surface area (Å²) in [4.78, 5) is 96.9. The molecule has 0 spiro atoms. The van der Waals surface area contributed by atoms with Gasteiger partial charge in [0, 0.05) is 52.4 Å². The maximum absolute atomic E-state index is 13.9. The van der Waals surface area contributed by atoms with Crippen molar-refractivity contribution in [1.29, 1.82) is 0 Å². The Morgan fingerprint density at radius 3 is 2.48 bits per heavy atom. The van der Waals surface area contributed by atoms with E-state index in [0.29, 0.717) is 66.0 Å². The summed E-state index contributed by atoms with van der Waals surface area (Å²) in [6, 6.07) is 3.40. The van der Waals surface area contributed by atoms with E-state index < -0.39 is 41.4 Å². The number of thioether (sulfide) groups is 1. The van der Waals surface area contributed by atoms with E-state index in [1.807, 2.05) is 19.9 Å². The van der Waals surface area contributed by atoms with Crippen molar-refractivity contribution < 1.29 is 35.2 Å². The number of ether oxygens (including phenoxy) is 1. The molecule has 3 aliphatic heterocycles. The Morgan fingerprint density at radius 1 is 0.986 bits per heavy atom. The van der Waals surface area contributed by atoms with Crippen LogP contribution < -0.4 is 26.8 Å². The second kappa shape index (κ2) is 23.0. The number of benzene rings is 1. The highest BCUT2D eigenvalue weighted by Gasteiger charge is 2.45. The number of hydrogen-bond donors (Lipinski definition) is 5. The number of nitrogens with zero attached hydrogens (tertiary/aromatic N) is 5. The lowest BCUT2D eigenvalue weighted by molar-refractivity contribution is -0.172. The number of fused-ring (bicyclic) bond motifs is 5. The lowest BCUT2D eigenvalue weighted by Gasteiger charge is -2.31. The van der Waals surface area contributed by atoms with Crippen molar-refractivity contribution >= 4 is 58.0 Å². The number of unbranched alkanes of at least 4 members (excludes halogenated alkanes) is 2. The minimum Gasteiger partial charge on any atom is -0.458 e. The molecule has 4 aromatic rings. The SMILES string of the molecule is [3H]c1ncc(C#CCCCC(=O)N[C@H](C(=O)N[C@@H](CCCCN(CCC)CCC)C(=O)NCC(=O)Nc2ccc3nc4c(c5c3c2SCC5)Cn2c-4cc3c(c2=O)COC(=O)[C@]3(O)CC)C(C)C)cn1. The summed E-state index contributed by atoms with van der Waals surface area (Å²) in [5.74, 6) is 3.72. The summed E-state index contributed by atoms with van der Waals surface area (Å²) in [6.45, 7) is 12.1. The quantitative estimate of drug-likeness (QED) is 0.0382. The molecule has 18 heteroatoms. The first-order valence-corrected chi connectivity index (χ1v) is 25.1. The number of aliphatic hydroxyl groups is 1. The average molecular weight is 964 g/mol. The van der Waals surface area contributed by atoms with Crippen molar-refractivity contribution in [3.05, 3.63) is 75.1 Å². The topological polar surface area (TPSA) is 227 Å². The number of aryl methyl sites for hydroxylation is 1. The lowest BCUT2D eigenvalue weighted by Crippen LogP contribution is -2.55. The molecule has 0 aliphatic carbocycles. The molecule has 366 valence electrons. The van der Waals surface area contributed by atoms with Gasteiger partial charge >= 0.3 is 5.97 Å². The Balaban J connectivity index is 1.02. The molecule has 6 heterocycles. The molecular weight excluding hydrogens is 899 g/mol. The van der Waals surface area contributed by atoms with E-state index in [1.165, 1.54) is 12.4 Å². The van der Waals surface area contributed by atoms with E-state index in [9.17, 15) is 33.9 Å². The van der Waals surface area contributed by atoms with Gasteiger partial charge in [0.05, 0.1) is 46.8 Å². The maximum atomic E-state index is 13.9. The first-order valence-electron chi connectivity index (χ1n) is 24.6. The Bertz CT molecular complexity index is 2770. The van der Waals surface area contributed by atoms with Gasteiger partial charge in [-0.3, -0.25) is 24.0 Å². The van der Waals surface area contributed by atoms with Gasteiger partial charge in [-0.15, -0.1) is 11.8 Å². The molecule has 0 fully saturated rings. The van der Waals surface area contributed by atoms with Gasteiger partial charge in [0.1, 0.15) is 26.4 Å². The zero-order valence-electron chi connectivity index (χ0n) is 41.1. The first-order chi connectivity index (χ1) is 33.7. The normalized spacial score (nSPS) is 16.6. The number of carbonyl (C=O) groups excluding carboxylic acids is 5. The number of cyclic esters (lactones) is 1. The molecule has 17 nitrogen and oxygen atoms in total. The molecule has 1 aromatic carbocycles. The van der Waals surface area contributed by atoms with E-state index >= 15 is 0 Å². The van der Waals surface area contributed by atoms with Crippen LogP contribution in [-0.4, -0.2) is 103 Å². The Hall–Kier alpha value is -6.16. The molecule has 3 atom stereocenters. The summed E-state index contributed by atoms with van der Waals surface area (Å²) < 4.78 is 14.3. The van der Waals surface area contributed by atoms with E-state index in [4.69, 9.17) is 11.1 Å². The van der Waals surface area contributed by atoms with Crippen LogP contribution in [0.2, 0.25) is 0 Å². The van der Waals surface area contributed by atoms with Crippen LogP contribution in [0.25, 0.3) is 22.3 Å². The highest BCUT2D eigenvalue weighted by atomic mass is 32.2. The molecule has 0 saturated carbocycles. The summed E-state index contributed by atoms with van der Waals surface area (Å²) in [5, 5.41) is 23.7.